The first-order valence-corrected chi connectivity index (χ1v) is 8.51. The first-order chi connectivity index (χ1) is 10.8. The summed E-state index contributed by atoms with van der Waals surface area (Å²) >= 11 is 0. The first kappa shape index (κ1) is 15.7. The van der Waals surface area contributed by atoms with Crippen LogP contribution in [0.5, 0.6) is 0 Å². The lowest BCUT2D eigenvalue weighted by atomic mass is 9.76. The van der Waals surface area contributed by atoms with Gasteiger partial charge in [-0.1, -0.05) is 6.92 Å². The van der Waals surface area contributed by atoms with Gasteiger partial charge in [0.05, 0.1) is 12.6 Å². The van der Waals surface area contributed by atoms with Gasteiger partial charge in [-0.05, 0) is 56.8 Å². The zero-order valence-corrected chi connectivity index (χ0v) is 13.9. The van der Waals surface area contributed by atoms with Crippen molar-refractivity contribution < 1.29 is 4.74 Å². The molecule has 0 aromatic carbocycles. The van der Waals surface area contributed by atoms with Crippen LogP contribution in [0.1, 0.15) is 32.6 Å². The molecule has 0 aliphatic carbocycles. The number of piperidine rings is 1. The molecule has 0 bridgehead atoms. The van der Waals surface area contributed by atoms with E-state index in [2.05, 4.69) is 26.7 Å². The molecule has 2 aliphatic heterocycles. The van der Waals surface area contributed by atoms with Crippen LogP contribution < -0.4 is 4.90 Å². The standard InChI is InChI=1S/C17H28N4O/c1-3-9-20-10-5-17(6-11-20)12-15(13-22-2)21(14-17)16-18-7-4-8-19-16/h4,7-8,15H,3,5-6,9-14H2,1-2H3. The van der Waals surface area contributed by atoms with Crippen molar-refractivity contribution in [3.8, 4) is 0 Å². The van der Waals surface area contributed by atoms with Crippen LogP contribution in [-0.4, -0.2) is 60.8 Å². The number of anilines is 1. The quantitative estimate of drug-likeness (QED) is 0.834. The van der Waals surface area contributed by atoms with E-state index in [-0.39, 0.29) is 0 Å². The van der Waals surface area contributed by atoms with Gasteiger partial charge >= 0.3 is 0 Å². The molecule has 122 valence electrons. The summed E-state index contributed by atoms with van der Waals surface area (Å²) in [5.74, 6) is 0.859. The highest BCUT2D eigenvalue weighted by molar-refractivity contribution is 5.35. The summed E-state index contributed by atoms with van der Waals surface area (Å²) < 4.78 is 5.46. The van der Waals surface area contributed by atoms with Crippen LogP contribution in [0.3, 0.4) is 0 Å². The Morgan fingerprint density at radius 1 is 1.27 bits per heavy atom. The maximum atomic E-state index is 5.46. The highest BCUT2D eigenvalue weighted by atomic mass is 16.5. The lowest BCUT2D eigenvalue weighted by Crippen LogP contribution is -2.42. The molecular formula is C17H28N4O. The Labute approximate surface area is 133 Å². The third-order valence-corrected chi connectivity index (χ3v) is 5.24. The monoisotopic (exact) mass is 304 g/mol. The topological polar surface area (TPSA) is 41.5 Å². The van der Waals surface area contributed by atoms with E-state index in [0.717, 1.165) is 19.1 Å². The number of likely N-dealkylation sites (tertiary alicyclic amines) is 1. The Balaban J connectivity index is 1.71. The number of methoxy groups -OCH3 is 1. The smallest absolute Gasteiger partial charge is 0.225 e. The molecule has 1 aromatic heterocycles. The zero-order valence-electron chi connectivity index (χ0n) is 13.9. The van der Waals surface area contributed by atoms with Crippen molar-refractivity contribution in [2.75, 3.05) is 44.8 Å². The van der Waals surface area contributed by atoms with Gasteiger partial charge in [-0.3, -0.25) is 0 Å². The molecule has 2 fully saturated rings. The van der Waals surface area contributed by atoms with Crippen molar-refractivity contribution in [2.45, 2.75) is 38.6 Å². The number of hydrogen-bond donors (Lipinski definition) is 0. The lowest BCUT2D eigenvalue weighted by molar-refractivity contribution is 0.110. The predicted molar refractivity (Wildman–Crippen MR) is 88.1 cm³/mol. The SMILES string of the molecule is CCCN1CCC2(CC1)CC(COC)N(c1ncccn1)C2. The first-order valence-electron chi connectivity index (χ1n) is 8.51. The second kappa shape index (κ2) is 6.92. The molecule has 0 saturated carbocycles. The van der Waals surface area contributed by atoms with Gasteiger partial charge in [-0.25, -0.2) is 9.97 Å². The van der Waals surface area contributed by atoms with Crippen LogP contribution in [-0.2, 0) is 4.74 Å². The minimum absolute atomic E-state index is 0.408. The summed E-state index contributed by atoms with van der Waals surface area (Å²) in [6, 6.07) is 2.29. The largest absolute Gasteiger partial charge is 0.383 e. The highest BCUT2D eigenvalue weighted by Crippen LogP contribution is 2.44. The third-order valence-electron chi connectivity index (χ3n) is 5.24. The summed E-state index contributed by atoms with van der Waals surface area (Å²) in [6.45, 7) is 7.81. The Morgan fingerprint density at radius 3 is 2.64 bits per heavy atom. The van der Waals surface area contributed by atoms with E-state index in [1.54, 1.807) is 7.11 Å². The maximum Gasteiger partial charge on any atom is 0.225 e. The molecule has 1 unspecified atom stereocenters. The van der Waals surface area contributed by atoms with E-state index in [1.807, 2.05) is 18.5 Å². The summed E-state index contributed by atoms with van der Waals surface area (Å²) in [4.78, 5) is 13.9. The van der Waals surface area contributed by atoms with Crippen molar-refractivity contribution in [1.29, 1.82) is 0 Å². The molecule has 0 amide bonds. The molecule has 3 heterocycles. The second-order valence-corrected chi connectivity index (χ2v) is 6.83. The Hall–Kier alpha value is -1.20. The number of ether oxygens (including phenoxy) is 1. The van der Waals surface area contributed by atoms with Gasteiger partial charge in [0.2, 0.25) is 5.95 Å². The van der Waals surface area contributed by atoms with Gasteiger partial charge in [0.1, 0.15) is 0 Å². The van der Waals surface area contributed by atoms with E-state index < -0.39 is 0 Å². The Morgan fingerprint density at radius 2 is 2.00 bits per heavy atom. The van der Waals surface area contributed by atoms with E-state index in [1.165, 1.54) is 45.3 Å². The third kappa shape index (κ3) is 3.25. The molecule has 1 atom stereocenters. The molecule has 1 spiro atoms. The van der Waals surface area contributed by atoms with E-state index in [0.29, 0.717) is 11.5 Å². The van der Waals surface area contributed by atoms with Gasteiger partial charge in [-0.2, -0.15) is 0 Å². The molecule has 0 N–H and O–H groups in total. The average Bonchev–Trinajstić information content (AvgIpc) is 2.90. The Kier molecular flexibility index (Phi) is 4.93. The fraction of sp³-hybridized carbons (Fsp3) is 0.765. The molecule has 5 heteroatoms. The minimum atomic E-state index is 0.408. The molecule has 22 heavy (non-hydrogen) atoms. The maximum absolute atomic E-state index is 5.46. The van der Waals surface area contributed by atoms with Gasteiger partial charge in [0.25, 0.3) is 0 Å². The van der Waals surface area contributed by atoms with E-state index >= 15 is 0 Å². The zero-order chi connectivity index (χ0) is 15.4. The lowest BCUT2D eigenvalue weighted by Gasteiger charge is -2.39. The predicted octanol–water partition coefficient (Wildman–Crippen LogP) is 2.19. The van der Waals surface area contributed by atoms with Crippen LogP contribution in [0.4, 0.5) is 5.95 Å². The van der Waals surface area contributed by atoms with Crippen molar-refractivity contribution in [1.82, 2.24) is 14.9 Å². The number of rotatable bonds is 5. The van der Waals surface area contributed by atoms with Crippen molar-refractivity contribution in [2.24, 2.45) is 5.41 Å². The average molecular weight is 304 g/mol. The van der Waals surface area contributed by atoms with Crippen LogP contribution in [0.25, 0.3) is 0 Å². The van der Waals surface area contributed by atoms with Crippen LogP contribution in [0, 0.1) is 5.41 Å². The molecule has 1 aromatic rings. The van der Waals surface area contributed by atoms with Gasteiger partial charge in [0, 0.05) is 26.0 Å². The molecule has 2 aliphatic rings. The van der Waals surface area contributed by atoms with Gasteiger partial charge < -0.3 is 14.5 Å². The van der Waals surface area contributed by atoms with Gasteiger partial charge in [-0.15, -0.1) is 0 Å². The van der Waals surface area contributed by atoms with Crippen LogP contribution in [0.2, 0.25) is 0 Å². The molecule has 5 nitrogen and oxygen atoms in total. The number of hydrogen-bond acceptors (Lipinski definition) is 5. The highest BCUT2D eigenvalue weighted by Gasteiger charge is 2.46. The molecule has 3 rings (SSSR count). The van der Waals surface area contributed by atoms with Crippen molar-refractivity contribution >= 4 is 5.95 Å². The summed E-state index contributed by atoms with van der Waals surface area (Å²) in [5, 5.41) is 0. The molecule has 0 radical (unpaired) electrons. The fourth-order valence-corrected chi connectivity index (χ4v) is 4.11. The fourth-order valence-electron chi connectivity index (χ4n) is 4.11. The normalized spacial score (nSPS) is 25.0. The van der Waals surface area contributed by atoms with Crippen molar-refractivity contribution in [3.63, 3.8) is 0 Å². The molecular weight excluding hydrogens is 276 g/mol. The summed E-state index contributed by atoms with van der Waals surface area (Å²) in [7, 11) is 1.79. The van der Waals surface area contributed by atoms with Gasteiger partial charge in [0.15, 0.2) is 0 Å². The number of aromatic nitrogens is 2. The second-order valence-electron chi connectivity index (χ2n) is 6.83. The summed E-state index contributed by atoms with van der Waals surface area (Å²) in [5.41, 5.74) is 0.423. The van der Waals surface area contributed by atoms with E-state index in [9.17, 15) is 0 Å². The van der Waals surface area contributed by atoms with Crippen LogP contribution in [0.15, 0.2) is 18.5 Å². The van der Waals surface area contributed by atoms with Crippen molar-refractivity contribution in [3.05, 3.63) is 18.5 Å². The van der Waals surface area contributed by atoms with E-state index in [4.69, 9.17) is 4.74 Å². The minimum Gasteiger partial charge on any atom is -0.383 e. The van der Waals surface area contributed by atoms with Crippen LogP contribution >= 0.6 is 0 Å². The number of nitrogens with zero attached hydrogens (tertiary/aromatic N) is 4. The summed E-state index contributed by atoms with van der Waals surface area (Å²) in [6.07, 6.45) is 8.71. The molecule has 2 saturated heterocycles. The Bertz CT molecular complexity index is 459.